The predicted octanol–water partition coefficient (Wildman–Crippen LogP) is 5.72. The number of methoxy groups -OCH3 is 1. The highest BCUT2D eigenvalue weighted by atomic mass is 16.5. The maximum Gasteiger partial charge on any atom is 0.331 e. The summed E-state index contributed by atoms with van der Waals surface area (Å²) in [5.74, 6) is 0.315. The average molecular weight is 579 g/mol. The lowest BCUT2D eigenvalue weighted by molar-refractivity contribution is -0.137. The average Bonchev–Trinajstić information content (AvgIpc) is 3.32. The van der Waals surface area contributed by atoms with Crippen LogP contribution in [-0.2, 0) is 14.4 Å². The van der Waals surface area contributed by atoms with Gasteiger partial charge in [0.2, 0.25) is 11.8 Å². The Bertz CT molecular complexity index is 1280. The summed E-state index contributed by atoms with van der Waals surface area (Å²) in [6.07, 6.45) is 14.0. The number of hydrogen-bond acceptors (Lipinski definition) is 5. The van der Waals surface area contributed by atoms with Gasteiger partial charge in [-0.25, -0.2) is 4.79 Å². The number of phenols is 1. The molecule has 1 aliphatic heterocycles. The van der Waals surface area contributed by atoms with Crippen molar-refractivity contribution in [1.82, 2.24) is 10.2 Å². The third kappa shape index (κ3) is 6.74. The maximum absolute atomic E-state index is 12.7. The number of nitrogens with zero attached hydrogens (tertiary/aromatic N) is 1. The highest BCUT2D eigenvalue weighted by Gasteiger charge is 2.55. The Kier molecular flexibility index (Phi) is 9.85. The lowest BCUT2D eigenvalue weighted by Gasteiger charge is -2.57. The van der Waals surface area contributed by atoms with Crippen LogP contribution >= 0.6 is 0 Å². The highest BCUT2D eigenvalue weighted by molar-refractivity contribution is 5.92. The van der Waals surface area contributed by atoms with E-state index >= 15 is 0 Å². The Morgan fingerprint density at radius 3 is 2.74 bits per heavy atom. The summed E-state index contributed by atoms with van der Waals surface area (Å²) >= 11 is 0. The fourth-order valence-corrected chi connectivity index (χ4v) is 7.51. The van der Waals surface area contributed by atoms with E-state index in [1.165, 1.54) is 19.3 Å². The number of carboxylic acid groups (broad SMARTS) is 1. The van der Waals surface area contributed by atoms with E-state index < -0.39 is 5.97 Å². The van der Waals surface area contributed by atoms with E-state index in [2.05, 4.69) is 26.1 Å². The van der Waals surface area contributed by atoms with Crippen molar-refractivity contribution in [1.29, 1.82) is 0 Å². The van der Waals surface area contributed by atoms with Crippen molar-refractivity contribution in [3.05, 3.63) is 53.1 Å². The van der Waals surface area contributed by atoms with Crippen LogP contribution in [0.2, 0.25) is 0 Å². The first-order chi connectivity index (χ1) is 20.0. The normalized spacial score (nSPS) is 27.4. The van der Waals surface area contributed by atoms with Crippen LogP contribution in [0.1, 0.15) is 77.7 Å². The summed E-state index contributed by atoms with van der Waals surface area (Å²) in [5.41, 5.74) is 2.25. The zero-order valence-electron chi connectivity index (χ0n) is 25.4. The van der Waals surface area contributed by atoms with Gasteiger partial charge in [0.25, 0.3) is 0 Å². The van der Waals surface area contributed by atoms with Gasteiger partial charge in [0.15, 0.2) is 11.5 Å². The smallest absolute Gasteiger partial charge is 0.331 e. The molecule has 0 bridgehead atoms. The number of carboxylic acids is 1. The number of unbranched alkanes of at least 4 members (excludes halogenated alkanes) is 1. The first-order valence-corrected chi connectivity index (χ1v) is 15.2. The number of phenolic OH excluding ortho intramolecular Hbond substituents is 1. The lowest BCUT2D eigenvalue weighted by atomic mass is 9.46. The number of amides is 2. The molecule has 3 aliphatic rings. The van der Waals surface area contributed by atoms with Gasteiger partial charge in [-0.15, -0.1) is 0 Å². The van der Waals surface area contributed by atoms with E-state index in [9.17, 15) is 24.6 Å². The van der Waals surface area contributed by atoms with Crippen molar-refractivity contribution >= 4 is 23.9 Å². The molecule has 0 saturated heterocycles. The number of carbonyl (C=O) groups excluding carboxylic acids is 2. The van der Waals surface area contributed by atoms with E-state index in [1.54, 1.807) is 24.3 Å². The second kappa shape index (κ2) is 13.2. The summed E-state index contributed by atoms with van der Waals surface area (Å²) in [6, 6.07) is 4.88. The second-order valence-electron chi connectivity index (χ2n) is 12.7. The monoisotopic (exact) mass is 578 g/mol. The molecule has 8 nitrogen and oxygen atoms in total. The topological polar surface area (TPSA) is 116 Å². The number of benzene rings is 1. The Balaban J connectivity index is 1.21. The van der Waals surface area contributed by atoms with E-state index in [1.807, 2.05) is 11.0 Å². The molecule has 8 heteroatoms. The number of nitrogens with one attached hydrogen (secondary N) is 1. The van der Waals surface area contributed by atoms with Crippen molar-refractivity contribution in [2.24, 2.45) is 22.7 Å². The number of ether oxygens (including phenoxy) is 1. The molecule has 1 aromatic carbocycles. The number of aromatic hydroxyl groups is 1. The van der Waals surface area contributed by atoms with Crippen molar-refractivity contribution in [2.45, 2.75) is 72.1 Å². The molecule has 2 amide bonds. The molecule has 0 unspecified atom stereocenters. The third-order valence-electron chi connectivity index (χ3n) is 10.2. The van der Waals surface area contributed by atoms with E-state index in [4.69, 9.17) is 4.74 Å². The van der Waals surface area contributed by atoms with Crippen molar-refractivity contribution in [2.75, 3.05) is 26.7 Å². The summed E-state index contributed by atoms with van der Waals surface area (Å²) in [6.45, 7) is 8.65. The second-order valence-corrected chi connectivity index (χ2v) is 12.7. The molecular formula is C34H46N2O6. The van der Waals surface area contributed by atoms with Crippen molar-refractivity contribution in [3.8, 4) is 11.5 Å². The molecule has 0 spiro atoms. The molecule has 0 aromatic heterocycles. The van der Waals surface area contributed by atoms with Gasteiger partial charge < -0.3 is 25.2 Å². The Labute approximate surface area is 249 Å². The van der Waals surface area contributed by atoms with Crippen molar-refractivity contribution in [3.63, 3.8) is 0 Å². The number of hydrogen-bond donors (Lipinski definition) is 3. The Morgan fingerprint density at radius 2 is 2.00 bits per heavy atom. The molecule has 1 heterocycles. The molecule has 1 saturated carbocycles. The largest absolute Gasteiger partial charge is 0.504 e. The molecule has 4 atom stereocenters. The highest BCUT2D eigenvalue weighted by Crippen LogP contribution is 2.62. The van der Waals surface area contributed by atoms with Crippen LogP contribution in [0.25, 0.3) is 6.08 Å². The van der Waals surface area contributed by atoms with Crippen LogP contribution in [-0.4, -0.2) is 59.6 Å². The standard InChI is InChI=1S/C34H46N2O6/c1-23-14-16-34(3)26(32(40)41)8-7-9-29(34)33(23,2)17-15-25-21-31(39)36(22-25)19-6-5-18-35-30(38)13-11-24-10-12-27(37)28(20-24)42-4/h8,10-13,20-21,23,29,37H,5-7,9,14-19,22H2,1-4H3,(H,35,38)(H,40,41)/t23-,29-,33+,34+/m1/s1. The molecule has 228 valence electrons. The molecule has 3 N–H and O–H groups in total. The van der Waals surface area contributed by atoms with Gasteiger partial charge in [0.05, 0.1) is 7.11 Å². The van der Waals surface area contributed by atoms with Gasteiger partial charge in [-0.1, -0.05) is 32.9 Å². The van der Waals surface area contributed by atoms with Gasteiger partial charge in [-0.3, -0.25) is 9.59 Å². The molecule has 4 rings (SSSR count). The molecule has 2 aliphatic carbocycles. The van der Waals surface area contributed by atoms with Crippen LogP contribution in [0.5, 0.6) is 11.5 Å². The number of aliphatic carboxylic acids is 1. The zero-order valence-corrected chi connectivity index (χ0v) is 25.4. The Morgan fingerprint density at radius 1 is 1.21 bits per heavy atom. The minimum Gasteiger partial charge on any atom is -0.504 e. The fourth-order valence-electron chi connectivity index (χ4n) is 7.51. The molecule has 0 radical (unpaired) electrons. The quantitative estimate of drug-likeness (QED) is 0.216. The Hall–Kier alpha value is -3.55. The first kappa shape index (κ1) is 31.4. The molecule has 42 heavy (non-hydrogen) atoms. The SMILES string of the molecule is COc1cc(C=CC(=O)NCCCCN2CC(CC[C@@]3(C)[C@H](C)CC[C@@]4(C)C(C(=O)O)=CCC[C@H]34)=CC2=O)ccc1O. The van der Waals surface area contributed by atoms with Crippen LogP contribution in [0.15, 0.2) is 47.6 Å². The summed E-state index contributed by atoms with van der Waals surface area (Å²) in [7, 11) is 1.47. The molecule has 1 aromatic rings. The maximum atomic E-state index is 12.7. The van der Waals surface area contributed by atoms with Crippen LogP contribution in [0, 0.1) is 22.7 Å². The summed E-state index contributed by atoms with van der Waals surface area (Å²) < 4.78 is 5.09. The van der Waals surface area contributed by atoms with Gasteiger partial charge in [-0.05, 0) is 98.0 Å². The van der Waals surface area contributed by atoms with E-state index in [0.717, 1.165) is 62.5 Å². The minimum absolute atomic E-state index is 0.0280. The van der Waals surface area contributed by atoms with Gasteiger partial charge in [0.1, 0.15) is 0 Å². The van der Waals surface area contributed by atoms with Crippen molar-refractivity contribution < 1.29 is 29.3 Å². The zero-order chi connectivity index (χ0) is 30.5. The number of carbonyl (C=O) groups is 3. The summed E-state index contributed by atoms with van der Waals surface area (Å²) in [5, 5.41) is 22.5. The number of rotatable bonds is 12. The number of allylic oxidation sites excluding steroid dienone is 1. The molecule has 1 fully saturated rings. The lowest BCUT2D eigenvalue weighted by Crippen LogP contribution is -2.51. The number of fused-ring (bicyclic) bond motifs is 1. The minimum atomic E-state index is -0.773. The predicted molar refractivity (Wildman–Crippen MR) is 163 cm³/mol. The third-order valence-corrected chi connectivity index (χ3v) is 10.2. The van der Waals surface area contributed by atoms with Gasteiger partial charge >= 0.3 is 5.97 Å². The van der Waals surface area contributed by atoms with Crippen LogP contribution < -0.4 is 10.1 Å². The fraction of sp³-hybridized carbons (Fsp3) is 0.559. The van der Waals surface area contributed by atoms with E-state index in [-0.39, 0.29) is 28.4 Å². The van der Waals surface area contributed by atoms with Crippen LogP contribution in [0.4, 0.5) is 0 Å². The van der Waals surface area contributed by atoms with E-state index in [0.29, 0.717) is 42.8 Å². The van der Waals surface area contributed by atoms with Gasteiger partial charge in [-0.2, -0.15) is 0 Å². The van der Waals surface area contributed by atoms with Gasteiger partial charge in [0, 0.05) is 42.8 Å². The molecular weight excluding hydrogens is 532 g/mol. The van der Waals surface area contributed by atoms with Crippen LogP contribution in [0.3, 0.4) is 0 Å². The summed E-state index contributed by atoms with van der Waals surface area (Å²) in [4.78, 5) is 38.8. The first-order valence-electron chi connectivity index (χ1n) is 15.2.